The normalized spacial score (nSPS) is 9.14. The maximum absolute atomic E-state index is 11.0. The van der Waals surface area contributed by atoms with E-state index in [1.54, 1.807) is 18.3 Å². The largest absolute Gasteiger partial charge is 1.00 e. The summed E-state index contributed by atoms with van der Waals surface area (Å²) in [6.07, 6.45) is 3.48. The summed E-state index contributed by atoms with van der Waals surface area (Å²) in [4.78, 5) is 15.0. The zero-order valence-corrected chi connectivity index (χ0v) is 12.0. The summed E-state index contributed by atoms with van der Waals surface area (Å²) in [5.41, 5.74) is 1.49. The predicted molar refractivity (Wildman–Crippen MR) is 76.4 cm³/mol. The SMILES string of the molecule is O=C(O)c1cccnc1NCCCc1ccccc1.[Li+].[OH-]. The second-order valence-corrected chi connectivity index (χ2v) is 4.22. The molecule has 0 fully saturated rings. The molecule has 0 aliphatic heterocycles. The summed E-state index contributed by atoms with van der Waals surface area (Å²) >= 11 is 0. The zero-order chi connectivity index (χ0) is 13.5. The van der Waals surface area contributed by atoms with Gasteiger partial charge in [0.1, 0.15) is 11.4 Å². The first-order valence-electron chi connectivity index (χ1n) is 6.23. The maximum Gasteiger partial charge on any atom is 1.00 e. The van der Waals surface area contributed by atoms with Crippen LogP contribution in [0.2, 0.25) is 0 Å². The topological polar surface area (TPSA) is 92.2 Å². The number of aromatic nitrogens is 1. The molecule has 0 atom stereocenters. The second-order valence-electron chi connectivity index (χ2n) is 4.22. The molecule has 2 rings (SSSR count). The molecular weight excluding hydrogens is 263 g/mol. The number of hydrogen-bond donors (Lipinski definition) is 2. The number of pyridine rings is 1. The average Bonchev–Trinajstić information content (AvgIpc) is 2.45. The molecule has 0 spiro atoms. The molecule has 6 heteroatoms. The molecule has 0 saturated heterocycles. The van der Waals surface area contributed by atoms with Gasteiger partial charge < -0.3 is 15.9 Å². The maximum atomic E-state index is 11.0. The fourth-order valence-corrected chi connectivity index (χ4v) is 1.86. The molecule has 5 nitrogen and oxygen atoms in total. The number of rotatable bonds is 6. The first-order chi connectivity index (χ1) is 9.27. The van der Waals surface area contributed by atoms with Gasteiger partial charge in [-0.05, 0) is 30.5 Å². The number of nitrogens with zero attached hydrogens (tertiary/aromatic N) is 1. The smallest absolute Gasteiger partial charge is 0.870 e. The van der Waals surface area contributed by atoms with Crippen molar-refractivity contribution in [1.82, 2.24) is 4.98 Å². The Bertz CT molecular complexity index is 550. The number of carboxylic acid groups (broad SMARTS) is 1. The fraction of sp³-hybridized carbons (Fsp3) is 0.200. The van der Waals surface area contributed by atoms with E-state index in [1.807, 2.05) is 18.2 Å². The van der Waals surface area contributed by atoms with Crippen molar-refractivity contribution in [3.63, 3.8) is 0 Å². The van der Waals surface area contributed by atoms with E-state index in [9.17, 15) is 4.79 Å². The van der Waals surface area contributed by atoms with Crippen LogP contribution in [-0.2, 0) is 6.42 Å². The number of anilines is 1. The van der Waals surface area contributed by atoms with Gasteiger partial charge in [-0.15, -0.1) is 0 Å². The van der Waals surface area contributed by atoms with Gasteiger partial charge in [0.2, 0.25) is 0 Å². The van der Waals surface area contributed by atoms with Gasteiger partial charge in [-0.25, -0.2) is 9.78 Å². The van der Waals surface area contributed by atoms with Gasteiger partial charge >= 0.3 is 24.8 Å². The number of carbonyl (C=O) groups is 1. The molecule has 1 heterocycles. The Morgan fingerprint density at radius 1 is 1.14 bits per heavy atom. The van der Waals surface area contributed by atoms with E-state index in [1.165, 1.54) is 5.56 Å². The van der Waals surface area contributed by atoms with Crippen LogP contribution in [0, 0.1) is 0 Å². The van der Waals surface area contributed by atoms with Gasteiger partial charge in [0.15, 0.2) is 0 Å². The first kappa shape index (κ1) is 19.2. The van der Waals surface area contributed by atoms with Gasteiger partial charge in [-0.3, -0.25) is 0 Å². The predicted octanol–water partition coefficient (Wildman–Crippen LogP) is -0.348. The molecule has 2 aromatic rings. The third-order valence-electron chi connectivity index (χ3n) is 2.82. The Hall–Kier alpha value is -1.80. The molecule has 106 valence electrons. The third kappa shape index (κ3) is 6.00. The zero-order valence-electron chi connectivity index (χ0n) is 12.0. The van der Waals surface area contributed by atoms with Crippen molar-refractivity contribution in [2.75, 3.05) is 11.9 Å². The average molecular weight is 280 g/mol. The van der Waals surface area contributed by atoms with E-state index in [-0.39, 0.29) is 29.9 Å². The van der Waals surface area contributed by atoms with E-state index >= 15 is 0 Å². The number of benzene rings is 1. The Labute approximate surface area is 135 Å². The quantitative estimate of drug-likeness (QED) is 0.557. The minimum atomic E-state index is -0.960. The molecule has 1 aromatic carbocycles. The van der Waals surface area contributed by atoms with Crippen LogP contribution >= 0.6 is 0 Å². The number of aryl methyl sites for hydroxylation is 1. The first-order valence-corrected chi connectivity index (χ1v) is 6.23. The number of carboxylic acids is 1. The van der Waals surface area contributed by atoms with Crippen LogP contribution in [0.4, 0.5) is 5.82 Å². The van der Waals surface area contributed by atoms with E-state index in [4.69, 9.17) is 5.11 Å². The second kappa shape index (κ2) is 10.0. The summed E-state index contributed by atoms with van der Waals surface area (Å²) < 4.78 is 0. The number of hydrogen-bond acceptors (Lipinski definition) is 4. The number of nitrogens with one attached hydrogen (secondary N) is 1. The van der Waals surface area contributed by atoms with Crippen molar-refractivity contribution in [2.45, 2.75) is 12.8 Å². The molecule has 0 aliphatic rings. The minimum Gasteiger partial charge on any atom is -0.870 e. The van der Waals surface area contributed by atoms with E-state index < -0.39 is 5.97 Å². The van der Waals surface area contributed by atoms with Crippen molar-refractivity contribution in [2.24, 2.45) is 0 Å². The minimum absolute atomic E-state index is 0. The summed E-state index contributed by atoms with van der Waals surface area (Å²) in [6, 6.07) is 13.4. The van der Waals surface area contributed by atoms with Crippen molar-refractivity contribution in [3.05, 3.63) is 59.8 Å². The van der Waals surface area contributed by atoms with Gasteiger partial charge in [0.25, 0.3) is 0 Å². The molecule has 3 N–H and O–H groups in total. The number of aromatic carboxylic acids is 1. The Balaban J connectivity index is 0.00000200. The summed E-state index contributed by atoms with van der Waals surface area (Å²) in [5.74, 6) is -0.526. The van der Waals surface area contributed by atoms with Crippen LogP contribution in [0.1, 0.15) is 22.3 Å². The molecule has 1 aromatic heterocycles. The van der Waals surface area contributed by atoms with Crippen molar-refractivity contribution < 1.29 is 34.2 Å². The van der Waals surface area contributed by atoms with Crippen molar-refractivity contribution in [1.29, 1.82) is 0 Å². The Morgan fingerprint density at radius 2 is 1.86 bits per heavy atom. The van der Waals surface area contributed by atoms with E-state index in [2.05, 4.69) is 22.4 Å². The Morgan fingerprint density at radius 3 is 2.52 bits per heavy atom. The van der Waals surface area contributed by atoms with Gasteiger partial charge in [-0.1, -0.05) is 30.3 Å². The Kier molecular flexibility index (Phi) is 9.14. The summed E-state index contributed by atoms with van der Waals surface area (Å²) in [6.45, 7) is 0.701. The van der Waals surface area contributed by atoms with Gasteiger partial charge in [-0.2, -0.15) is 0 Å². The van der Waals surface area contributed by atoms with Crippen LogP contribution in [0.25, 0.3) is 0 Å². The fourth-order valence-electron chi connectivity index (χ4n) is 1.86. The summed E-state index contributed by atoms with van der Waals surface area (Å²) in [5, 5.41) is 12.1. The van der Waals surface area contributed by atoms with Crippen LogP contribution in [0.3, 0.4) is 0 Å². The molecule has 0 aliphatic carbocycles. The molecule has 0 radical (unpaired) electrons. The summed E-state index contributed by atoms with van der Waals surface area (Å²) in [7, 11) is 0. The van der Waals surface area contributed by atoms with Crippen molar-refractivity contribution in [3.8, 4) is 0 Å². The van der Waals surface area contributed by atoms with Gasteiger partial charge in [0.05, 0.1) is 0 Å². The van der Waals surface area contributed by atoms with Crippen LogP contribution < -0.4 is 24.2 Å². The third-order valence-corrected chi connectivity index (χ3v) is 2.82. The monoisotopic (exact) mass is 280 g/mol. The van der Waals surface area contributed by atoms with Crippen LogP contribution in [0.5, 0.6) is 0 Å². The van der Waals surface area contributed by atoms with Gasteiger partial charge in [0, 0.05) is 12.7 Å². The molecule has 0 unspecified atom stereocenters. The van der Waals surface area contributed by atoms with Crippen LogP contribution in [-0.4, -0.2) is 28.1 Å². The molecule has 0 amide bonds. The molecule has 0 bridgehead atoms. The van der Waals surface area contributed by atoms with Crippen molar-refractivity contribution >= 4 is 11.8 Å². The van der Waals surface area contributed by atoms with E-state index in [0.717, 1.165) is 12.8 Å². The molecular formula is C15H17LiN2O3. The van der Waals surface area contributed by atoms with E-state index in [0.29, 0.717) is 12.4 Å². The molecule has 21 heavy (non-hydrogen) atoms. The molecule has 0 saturated carbocycles. The van der Waals surface area contributed by atoms with Crippen LogP contribution in [0.15, 0.2) is 48.7 Å². The standard InChI is InChI=1S/C15H16N2O2.Li.H2O/c18-15(19)13-9-5-11-17-14(13)16-10-4-8-12-6-2-1-3-7-12;;/h1-3,5-7,9,11H,4,8,10H2,(H,16,17)(H,18,19);;1H2/q;+1;/p-1.